The second-order valence-corrected chi connectivity index (χ2v) is 8.73. The molecule has 0 fully saturated rings. The number of hydrogen-bond donors (Lipinski definition) is 1. The number of aromatic nitrogens is 2. The van der Waals surface area contributed by atoms with Gasteiger partial charge in [-0.2, -0.15) is 0 Å². The second-order valence-electron chi connectivity index (χ2n) is 7.79. The van der Waals surface area contributed by atoms with Crippen molar-refractivity contribution in [3.63, 3.8) is 0 Å². The molecule has 7 nitrogen and oxygen atoms in total. The highest BCUT2D eigenvalue weighted by Gasteiger charge is 2.15. The minimum Gasteiger partial charge on any atom is -0.462 e. The van der Waals surface area contributed by atoms with E-state index >= 15 is 0 Å². The third kappa shape index (κ3) is 5.96. The molecule has 0 aliphatic rings. The van der Waals surface area contributed by atoms with Gasteiger partial charge in [-0.3, -0.25) is 14.2 Å². The first-order valence-electron chi connectivity index (χ1n) is 11.3. The van der Waals surface area contributed by atoms with Gasteiger partial charge in [-0.05, 0) is 55.0 Å². The number of carbonyl (C=O) groups is 2. The van der Waals surface area contributed by atoms with Crippen LogP contribution in [0.3, 0.4) is 0 Å². The van der Waals surface area contributed by atoms with Gasteiger partial charge in [-0.1, -0.05) is 55.4 Å². The maximum atomic E-state index is 13.2. The fourth-order valence-electron chi connectivity index (χ4n) is 3.42. The van der Waals surface area contributed by atoms with Crippen molar-refractivity contribution in [3.8, 4) is 5.69 Å². The van der Waals surface area contributed by atoms with Gasteiger partial charge < -0.3 is 10.1 Å². The van der Waals surface area contributed by atoms with Gasteiger partial charge in [0.1, 0.15) is 0 Å². The Kier molecular flexibility index (Phi) is 7.95. The number of carbonyl (C=O) groups excluding carboxylic acids is 2. The van der Waals surface area contributed by atoms with E-state index in [1.807, 2.05) is 43.3 Å². The van der Waals surface area contributed by atoms with Gasteiger partial charge in [0.2, 0.25) is 5.91 Å². The average Bonchev–Trinajstić information content (AvgIpc) is 2.88. The van der Waals surface area contributed by atoms with Crippen LogP contribution < -0.4 is 10.9 Å². The standard InChI is InChI=1S/C27H25N3O4S/c1-2-3-17-34-26(33)19-13-15-20(16-14-19)28-24(31)18-35-27-29-23-12-8-7-11-22(23)25(32)30(27)21-9-5-4-6-10-21/h4-16H,2-3,17-18H2,1H3,(H,28,31). The van der Waals surface area contributed by atoms with Gasteiger partial charge in [0.25, 0.3) is 5.56 Å². The molecule has 3 aromatic carbocycles. The van der Waals surface area contributed by atoms with Crippen LogP contribution in [0.1, 0.15) is 30.1 Å². The predicted octanol–water partition coefficient (Wildman–Crippen LogP) is 5.07. The Bertz CT molecular complexity index is 1390. The smallest absolute Gasteiger partial charge is 0.338 e. The lowest BCUT2D eigenvalue weighted by atomic mass is 10.2. The molecule has 1 heterocycles. The van der Waals surface area contributed by atoms with Crippen molar-refractivity contribution >= 4 is 40.2 Å². The number of ether oxygens (including phenoxy) is 1. The van der Waals surface area contributed by atoms with Gasteiger partial charge >= 0.3 is 5.97 Å². The topological polar surface area (TPSA) is 90.3 Å². The molecule has 0 saturated carbocycles. The van der Waals surface area contributed by atoms with Crippen LogP contribution in [0.15, 0.2) is 88.8 Å². The van der Waals surface area contributed by atoms with Crippen molar-refractivity contribution in [2.75, 3.05) is 17.7 Å². The highest BCUT2D eigenvalue weighted by atomic mass is 32.2. The van der Waals surface area contributed by atoms with Crippen molar-refractivity contribution in [1.82, 2.24) is 9.55 Å². The van der Waals surface area contributed by atoms with Crippen LogP contribution in [0.4, 0.5) is 5.69 Å². The number of rotatable bonds is 9. The van der Waals surface area contributed by atoms with E-state index in [1.54, 1.807) is 42.5 Å². The van der Waals surface area contributed by atoms with Crippen molar-refractivity contribution in [3.05, 3.63) is 94.8 Å². The van der Waals surface area contributed by atoms with E-state index in [0.717, 1.165) is 12.8 Å². The number of hydrogen-bond acceptors (Lipinski definition) is 6. The third-order valence-corrected chi connectivity index (χ3v) is 6.17. The molecule has 4 rings (SSSR count). The van der Waals surface area contributed by atoms with E-state index in [4.69, 9.17) is 4.74 Å². The number of nitrogens with one attached hydrogen (secondary N) is 1. The molecule has 0 atom stereocenters. The molecule has 0 unspecified atom stereocenters. The summed E-state index contributed by atoms with van der Waals surface area (Å²) in [7, 11) is 0. The maximum Gasteiger partial charge on any atom is 0.338 e. The van der Waals surface area contributed by atoms with Crippen LogP contribution >= 0.6 is 11.8 Å². The number of thioether (sulfide) groups is 1. The van der Waals surface area contributed by atoms with Crippen molar-refractivity contribution in [2.45, 2.75) is 24.9 Å². The van der Waals surface area contributed by atoms with Gasteiger partial charge in [0.15, 0.2) is 5.16 Å². The minimum atomic E-state index is -0.381. The van der Waals surface area contributed by atoms with Crippen molar-refractivity contribution in [1.29, 1.82) is 0 Å². The Balaban J connectivity index is 1.47. The Labute approximate surface area is 207 Å². The molecule has 1 N–H and O–H groups in total. The fourth-order valence-corrected chi connectivity index (χ4v) is 4.24. The molecular weight excluding hydrogens is 462 g/mol. The number of benzene rings is 3. The fraction of sp³-hybridized carbons (Fsp3) is 0.185. The maximum absolute atomic E-state index is 13.2. The van der Waals surface area contributed by atoms with Gasteiger partial charge in [0, 0.05) is 5.69 Å². The minimum absolute atomic E-state index is 0.0540. The predicted molar refractivity (Wildman–Crippen MR) is 138 cm³/mol. The van der Waals surface area contributed by atoms with Gasteiger partial charge in [-0.15, -0.1) is 0 Å². The van der Waals surface area contributed by atoms with Crippen LogP contribution in [0.2, 0.25) is 0 Å². The average molecular weight is 488 g/mol. The van der Waals surface area contributed by atoms with Gasteiger partial charge in [0.05, 0.1) is 34.5 Å². The monoisotopic (exact) mass is 487 g/mol. The lowest BCUT2D eigenvalue weighted by molar-refractivity contribution is -0.113. The van der Waals surface area contributed by atoms with E-state index in [2.05, 4.69) is 10.3 Å². The number of nitrogens with zero attached hydrogens (tertiary/aromatic N) is 2. The Morgan fingerprint density at radius 3 is 2.43 bits per heavy atom. The van der Waals surface area contributed by atoms with Crippen molar-refractivity contribution in [2.24, 2.45) is 0 Å². The first-order valence-corrected chi connectivity index (χ1v) is 12.3. The van der Waals surface area contributed by atoms with E-state index in [9.17, 15) is 14.4 Å². The van der Waals surface area contributed by atoms with E-state index in [0.29, 0.717) is 39.6 Å². The van der Waals surface area contributed by atoms with Crippen LogP contribution in [-0.2, 0) is 9.53 Å². The quantitative estimate of drug-likeness (QED) is 0.153. The number of unbranched alkanes of at least 4 members (excludes halogenated alkanes) is 1. The number of para-hydroxylation sites is 2. The summed E-state index contributed by atoms with van der Waals surface area (Å²) in [6, 6.07) is 22.9. The number of fused-ring (bicyclic) bond motifs is 1. The summed E-state index contributed by atoms with van der Waals surface area (Å²) in [5, 5.41) is 3.76. The molecule has 178 valence electrons. The number of amides is 1. The zero-order valence-electron chi connectivity index (χ0n) is 19.3. The molecule has 1 aromatic heterocycles. The highest BCUT2D eigenvalue weighted by molar-refractivity contribution is 7.99. The van der Waals surface area contributed by atoms with E-state index in [1.165, 1.54) is 16.3 Å². The zero-order chi connectivity index (χ0) is 24.6. The normalized spacial score (nSPS) is 10.8. The third-order valence-electron chi connectivity index (χ3n) is 5.23. The first-order chi connectivity index (χ1) is 17.1. The number of esters is 1. The molecule has 1 amide bonds. The summed E-state index contributed by atoms with van der Waals surface area (Å²) in [5.74, 6) is -0.582. The summed E-state index contributed by atoms with van der Waals surface area (Å²) in [4.78, 5) is 42.5. The zero-order valence-corrected chi connectivity index (χ0v) is 20.1. The lowest BCUT2D eigenvalue weighted by Crippen LogP contribution is -2.22. The summed E-state index contributed by atoms with van der Waals surface area (Å²) in [6.45, 7) is 2.42. The SMILES string of the molecule is CCCCOC(=O)c1ccc(NC(=O)CSc2nc3ccccc3c(=O)n2-c2ccccc2)cc1. The van der Waals surface area contributed by atoms with E-state index in [-0.39, 0.29) is 23.2 Å². The summed E-state index contributed by atoms with van der Waals surface area (Å²) in [6.07, 6.45) is 1.77. The van der Waals surface area contributed by atoms with Gasteiger partial charge in [-0.25, -0.2) is 9.78 Å². The van der Waals surface area contributed by atoms with Crippen LogP contribution in [0.5, 0.6) is 0 Å². The lowest BCUT2D eigenvalue weighted by Gasteiger charge is -2.13. The molecule has 0 saturated heterocycles. The molecule has 0 aliphatic carbocycles. The van der Waals surface area contributed by atoms with Crippen molar-refractivity contribution < 1.29 is 14.3 Å². The van der Waals surface area contributed by atoms with E-state index < -0.39 is 0 Å². The Hall–Kier alpha value is -3.91. The number of anilines is 1. The highest BCUT2D eigenvalue weighted by Crippen LogP contribution is 2.22. The first kappa shape index (κ1) is 24.2. The van der Waals surface area contributed by atoms with Crippen LogP contribution in [-0.4, -0.2) is 33.8 Å². The molecule has 0 radical (unpaired) electrons. The summed E-state index contributed by atoms with van der Waals surface area (Å²) in [5.41, 5.74) is 2.06. The molecule has 0 aliphatic heterocycles. The summed E-state index contributed by atoms with van der Waals surface area (Å²) >= 11 is 1.18. The molecule has 0 bridgehead atoms. The molecule has 0 spiro atoms. The molecule has 35 heavy (non-hydrogen) atoms. The Morgan fingerprint density at radius 2 is 1.69 bits per heavy atom. The molecular formula is C27H25N3O4S. The molecule has 8 heteroatoms. The largest absolute Gasteiger partial charge is 0.462 e. The summed E-state index contributed by atoms with van der Waals surface area (Å²) < 4.78 is 6.73. The van der Waals surface area contributed by atoms with Crippen LogP contribution in [0.25, 0.3) is 16.6 Å². The second kappa shape index (κ2) is 11.5. The Morgan fingerprint density at radius 1 is 0.971 bits per heavy atom. The van der Waals surface area contributed by atoms with Crippen LogP contribution in [0, 0.1) is 0 Å². The molecule has 4 aromatic rings.